The van der Waals surface area contributed by atoms with Gasteiger partial charge in [0.25, 0.3) is 5.69 Å². The first-order valence-electron chi connectivity index (χ1n) is 8.61. The number of sulfonamides is 1. The molecule has 1 aromatic rings. The summed E-state index contributed by atoms with van der Waals surface area (Å²) in [7, 11) is -4.00. The number of nitrogens with two attached hydrogens (primary N) is 1. The van der Waals surface area contributed by atoms with Crippen LogP contribution in [0, 0.1) is 16.0 Å². The van der Waals surface area contributed by atoms with Gasteiger partial charge in [0, 0.05) is 31.3 Å². The van der Waals surface area contributed by atoms with Crippen molar-refractivity contribution in [2.75, 3.05) is 13.1 Å². The van der Waals surface area contributed by atoms with Gasteiger partial charge in [0.2, 0.25) is 15.9 Å². The molecule has 10 heteroatoms. The second kappa shape index (κ2) is 7.29. The molecule has 2 fully saturated rings. The minimum atomic E-state index is -4.00. The molecule has 2 unspecified atom stereocenters. The van der Waals surface area contributed by atoms with Crippen LogP contribution in [0.1, 0.15) is 25.7 Å². The molecule has 3 rings (SSSR count). The van der Waals surface area contributed by atoms with E-state index in [4.69, 9.17) is 5.73 Å². The Bertz CT molecular complexity index is 809. The quantitative estimate of drug-likeness (QED) is 0.524. The molecule has 26 heavy (non-hydrogen) atoms. The minimum Gasteiger partial charge on any atom is -0.350 e. The number of rotatable bonds is 7. The molecule has 0 spiro atoms. The normalized spacial score (nSPS) is 22.1. The topological polar surface area (TPSA) is 136 Å². The summed E-state index contributed by atoms with van der Waals surface area (Å²) in [4.78, 5) is 22.7. The highest BCUT2D eigenvalue weighted by Gasteiger charge is 2.41. The van der Waals surface area contributed by atoms with Crippen molar-refractivity contribution in [3.63, 3.8) is 0 Å². The Morgan fingerprint density at radius 3 is 2.73 bits per heavy atom. The van der Waals surface area contributed by atoms with Gasteiger partial charge in [-0.15, -0.1) is 0 Å². The first-order valence-corrected chi connectivity index (χ1v) is 10.1. The van der Waals surface area contributed by atoms with Crippen molar-refractivity contribution in [3.8, 4) is 0 Å². The fraction of sp³-hybridized carbons (Fsp3) is 0.562. The Labute approximate surface area is 151 Å². The summed E-state index contributed by atoms with van der Waals surface area (Å²) in [6, 6.07) is 3.94. The number of nitrogens with one attached hydrogen (secondary N) is 1. The highest BCUT2D eigenvalue weighted by molar-refractivity contribution is 7.89. The van der Waals surface area contributed by atoms with Crippen molar-refractivity contribution in [1.29, 1.82) is 0 Å². The highest BCUT2D eigenvalue weighted by atomic mass is 32.2. The lowest BCUT2D eigenvalue weighted by molar-refractivity contribution is -0.385. The first kappa shape index (κ1) is 18.7. The van der Waals surface area contributed by atoms with Gasteiger partial charge < -0.3 is 11.1 Å². The number of amides is 1. The van der Waals surface area contributed by atoms with E-state index in [0.717, 1.165) is 23.2 Å². The maximum absolute atomic E-state index is 12.9. The third-order valence-electron chi connectivity index (χ3n) is 4.91. The van der Waals surface area contributed by atoms with E-state index in [1.54, 1.807) is 0 Å². The van der Waals surface area contributed by atoms with Crippen LogP contribution >= 0.6 is 0 Å². The zero-order valence-electron chi connectivity index (χ0n) is 14.2. The number of nitrogens with zero attached hydrogens (tertiary/aromatic N) is 2. The monoisotopic (exact) mass is 382 g/mol. The molecule has 2 atom stereocenters. The summed E-state index contributed by atoms with van der Waals surface area (Å²) in [5.74, 6) is 0.0195. The van der Waals surface area contributed by atoms with E-state index >= 15 is 0 Å². The number of carbonyl (C=O) groups is 1. The molecule has 9 nitrogen and oxygen atoms in total. The van der Waals surface area contributed by atoms with Crippen molar-refractivity contribution in [2.45, 2.75) is 42.7 Å². The van der Waals surface area contributed by atoms with Crippen LogP contribution in [0.2, 0.25) is 0 Å². The van der Waals surface area contributed by atoms with E-state index < -0.39 is 21.0 Å². The molecule has 1 heterocycles. The predicted molar refractivity (Wildman–Crippen MR) is 93.7 cm³/mol. The van der Waals surface area contributed by atoms with Gasteiger partial charge >= 0.3 is 0 Å². The van der Waals surface area contributed by atoms with Crippen LogP contribution in [0.25, 0.3) is 0 Å². The van der Waals surface area contributed by atoms with Crippen LogP contribution in [0.5, 0.6) is 0 Å². The van der Waals surface area contributed by atoms with Crippen molar-refractivity contribution < 1.29 is 18.1 Å². The SMILES string of the molecule is NCC(NC(=O)C1CCCN1S(=O)(=O)c1cccc([N+](=O)[O-])c1)C1CC1. The zero-order chi connectivity index (χ0) is 18.9. The van der Waals surface area contributed by atoms with E-state index in [-0.39, 0.29) is 29.1 Å². The standard InChI is InChI=1S/C16H22N4O5S/c17-10-14(11-6-7-11)18-16(21)15-5-2-8-19(15)26(24,25)13-4-1-3-12(9-13)20(22)23/h1,3-4,9,11,14-15H,2,5-8,10,17H2,(H,18,21). The lowest BCUT2D eigenvalue weighted by Gasteiger charge is -2.25. The molecule has 0 radical (unpaired) electrons. The maximum Gasteiger partial charge on any atom is 0.270 e. The van der Waals surface area contributed by atoms with Gasteiger partial charge in [0.05, 0.1) is 9.82 Å². The van der Waals surface area contributed by atoms with E-state index in [2.05, 4.69) is 5.32 Å². The third kappa shape index (κ3) is 3.71. The molecule has 0 bridgehead atoms. The number of nitro groups is 1. The van der Waals surface area contributed by atoms with E-state index in [9.17, 15) is 23.3 Å². The van der Waals surface area contributed by atoms with Crippen LogP contribution in [-0.4, -0.2) is 48.7 Å². The van der Waals surface area contributed by atoms with Crippen LogP contribution in [0.15, 0.2) is 29.2 Å². The molecule has 2 aliphatic rings. The Kier molecular flexibility index (Phi) is 5.26. The van der Waals surface area contributed by atoms with E-state index in [1.807, 2.05) is 0 Å². The van der Waals surface area contributed by atoms with Crippen LogP contribution < -0.4 is 11.1 Å². The summed E-state index contributed by atoms with van der Waals surface area (Å²) in [5.41, 5.74) is 5.40. The smallest absolute Gasteiger partial charge is 0.270 e. The number of hydrogen-bond donors (Lipinski definition) is 2. The second-order valence-electron chi connectivity index (χ2n) is 6.72. The van der Waals surface area contributed by atoms with Crippen LogP contribution in [0.4, 0.5) is 5.69 Å². The predicted octanol–water partition coefficient (Wildman–Crippen LogP) is 0.601. The average Bonchev–Trinajstić information content (AvgIpc) is 3.34. The number of hydrogen-bond acceptors (Lipinski definition) is 6. The minimum absolute atomic E-state index is 0.134. The maximum atomic E-state index is 12.9. The molecule has 1 aromatic carbocycles. The summed E-state index contributed by atoms with van der Waals surface area (Å²) in [5, 5.41) is 13.8. The Morgan fingerprint density at radius 1 is 1.38 bits per heavy atom. The van der Waals surface area contributed by atoms with E-state index in [0.29, 0.717) is 25.3 Å². The molecule has 1 aliphatic heterocycles. The Balaban J connectivity index is 1.81. The number of carbonyl (C=O) groups excluding carboxylic acids is 1. The Hall–Kier alpha value is -2.04. The number of benzene rings is 1. The van der Waals surface area contributed by atoms with Gasteiger partial charge in [-0.1, -0.05) is 6.07 Å². The molecule has 1 aliphatic carbocycles. The third-order valence-corrected chi connectivity index (χ3v) is 6.82. The summed E-state index contributed by atoms with van der Waals surface area (Å²) >= 11 is 0. The van der Waals surface area contributed by atoms with Crippen LogP contribution in [-0.2, 0) is 14.8 Å². The molecule has 3 N–H and O–H groups in total. The fourth-order valence-corrected chi connectivity index (χ4v) is 5.03. The molecule has 142 valence electrons. The van der Waals surface area contributed by atoms with Crippen molar-refractivity contribution >= 4 is 21.6 Å². The molecular formula is C16H22N4O5S. The van der Waals surface area contributed by atoms with Crippen molar-refractivity contribution in [2.24, 2.45) is 11.7 Å². The first-order chi connectivity index (χ1) is 12.3. The fourth-order valence-electron chi connectivity index (χ4n) is 3.33. The molecule has 0 aromatic heterocycles. The largest absolute Gasteiger partial charge is 0.350 e. The summed E-state index contributed by atoms with van der Waals surface area (Å²) < 4.78 is 27.0. The highest BCUT2D eigenvalue weighted by Crippen LogP contribution is 2.33. The summed E-state index contributed by atoms with van der Waals surface area (Å²) in [6.45, 7) is 0.528. The zero-order valence-corrected chi connectivity index (χ0v) is 15.0. The molecule has 1 saturated heterocycles. The van der Waals surface area contributed by atoms with Crippen molar-refractivity contribution in [1.82, 2.24) is 9.62 Å². The molecule has 1 saturated carbocycles. The van der Waals surface area contributed by atoms with Gasteiger partial charge in [-0.25, -0.2) is 8.42 Å². The molecule has 1 amide bonds. The van der Waals surface area contributed by atoms with Crippen LogP contribution in [0.3, 0.4) is 0 Å². The van der Waals surface area contributed by atoms with E-state index in [1.165, 1.54) is 18.2 Å². The Morgan fingerprint density at radius 2 is 2.12 bits per heavy atom. The lowest BCUT2D eigenvalue weighted by Crippen LogP contribution is -2.51. The van der Waals surface area contributed by atoms with Gasteiger partial charge in [-0.05, 0) is 37.7 Å². The molecular weight excluding hydrogens is 360 g/mol. The average molecular weight is 382 g/mol. The number of non-ortho nitro benzene ring substituents is 1. The second-order valence-corrected chi connectivity index (χ2v) is 8.61. The summed E-state index contributed by atoms with van der Waals surface area (Å²) in [6.07, 6.45) is 3.01. The van der Waals surface area contributed by atoms with Crippen molar-refractivity contribution in [3.05, 3.63) is 34.4 Å². The van der Waals surface area contributed by atoms with Gasteiger partial charge in [-0.3, -0.25) is 14.9 Å². The van der Waals surface area contributed by atoms with Gasteiger partial charge in [0.1, 0.15) is 6.04 Å². The lowest BCUT2D eigenvalue weighted by atomic mass is 10.1. The van der Waals surface area contributed by atoms with Gasteiger partial charge in [0.15, 0.2) is 0 Å². The van der Waals surface area contributed by atoms with Gasteiger partial charge in [-0.2, -0.15) is 4.31 Å². The number of nitro benzene ring substituents is 1.